The van der Waals surface area contributed by atoms with E-state index in [-0.39, 0.29) is 6.42 Å². The standard InChI is InChI=1S/C18H32O5/c1-2-3-4-6-9-12-15(19)18(23)16(20)13-10-7-5-8-11-14-17(21)22/h3-4,9,12,15-16,18-20,23H,2,5-8,10-11,13-14H2,1H3,(H,21,22)/b4-3-,12-9-/t15-,16+,18+/m1/s1. The lowest BCUT2D eigenvalue weighted by atomic mass is 10.0. The number of carboxylic acids is 1. The van der Waals surface area contributed by atoms with Crippen LogP contribution in [0.5, 0.6) is 0 Å². The van der Waals surface area contributed by atoms with E-state index >= 15 is 0 Å². The molecule has 0 heterocycles. The van der Waals surface area contributed by atoms with Crippen molar-refractivity contribution in [3.63, 3.8) is 0 Å². The first-order chi connectivity index (χ1) is 11.0. The van der Waals surface area contributed by atoms with Crippen LogP contribution in [-0.4, -0.2) is 44.7 Å². The molecule has 0 aromatic rings. The van der Waals surface area contributed by atoms with Crippen molar-refractivity contribution in [1.29, 1.82) is 0 Å². The molecule has 0 amide bonds. The van der Waals surface area contributed by atoms with E-state index in [4.69, 9.17) is 5.11 Å². The number of hydrogen-bond donors (Lipinski definition) is 4. The van der Waals surface area contributed by atoms with Gasteiger partial charge in [0, 0.05) is 6.42 Å². The first kappa shape index (κ1) is 21.8. The lowest BCUT2D eigenvalue weighted by Gasteiger charge is -2.20. The zero-order valence-corrected chi connectivity index (χ0v) is 14.1. The normalized spacial score (nSPS) is 16.0. The summed E-state index contributed by atoms with van der Waals surface area (Å²) in [6, 6.07) is 0. The van der Waals surface area contributed by atoms with Crippen molar-refractivity contribution in [2.24, 2.45) is 0 Å². The van der Waals surface area contributed by atoms with Crippen LogP contribution < -0.4 is 0 Å². The molecule has 0 unspecified atom stereocenters. The fourth-order valence-corrected chi connectivity index (χ4v) is 2.23. The van der Waals surface area contributed by atoms with Crippen LogP contribution in [0.4, 0.5) is 0 Å². The van der Waals surface area contributed by atoms with Gasteiger partial charge < -0.3 is 20.4 Å². The van der Waals surface area contributed by atoms with Crippen LogP contribution >= 0.6 is 0 Å². The third kappa shape index (κ3) is 13.0. The van der Waals surface area contributed by atoms with E-state index in [1.807, 2.05) is 19.1 Å². The number of allylic oxidation sites excluding steroid dienone is 3. The highest BCUT2D eigenvalue weighted by Crippen LogP contribution is 2.13. The lowest BCUT2D eigenvalue weighted by molar-refractivity contribution is -0.137. The van der Waals surface area contributed by atoms with Crippen LogP contribution in [0.2, 0.25) is 0 Å². The largest absolute Gasteiger partial charge is 0.481 e. The number of aliphatic hydroxyl groups excluding tert-OH is 3. The Bertz CT molecular complexity index is 351. The van der Waals surface area contributed by atoms with E-state index in [2.05, 4.69) is 0 Å². The van der Waals surface area contributed by atoms with E-state index in [0.717, 1.165) is 32.1 Å². The maximum Gasteiger partial charge on any atom is 0.303 e. The van der Waals surface area contributed by atoms with Crippen molar-refractivity contribution >= 4 is 5.97 Å². The summed E-state index contributed by atoms with van der Waals surface area (Å²) in [7, 11) is 0. The van der Waals surface area contributed by atoms with Gasteiger partial charge in [0.1, 0.15) is 12.2 Å². The Hall–Kier alpha value is -1.17. The maximum absolute atomic E-state index is 10.3. The Morgan fingerprint density at radius 3 is 2.26 bits per heavy atom. The summed E-state index contributed by atoms with van der Waals surface area (Å²) < 4.78 is 0. The molecule has 0 fully saturated rings. The SMILES string of the molecule is CC/C=C\C/C=C\[C@@H](O)[C@H](O)[C@@H](O)CCCCCCCC(=O)O. The molecule has 0 rings (SSSR count). The number of aliphatic carboxylic acids is 1. The van der Waals surface area contributed by atoms with Gasteiger partial charge in [0.2, 0.25) is 0 Å². The van der Waals surface area contributed by atoms with Crippen molar-refractivity contribution in [3.05, 3.63) is 24.3 Å². The molecule has 23 heavy (non-hydrogen) atoms. The molecule has 134 valence electrons. The van der Waals surface area contributed by atoms with Crippen molar-refractivity contribution in [1.82, 2.24) is 0 Å². The molecule has 0 aromatic heterocycles. The predicted octanol–water partition coefficient (Wildman–Crippen LogP) is 2.80. The molecule has 0 aliphatic heterocycles. The van der Waals surface area contributed by atoms with E-state index in [9.17, 15) is 20.1 Å². The average Bonchev–Trinajstić information content (AvgIpc) is 2.52. The summed E-state index contributed by atoms with van der Waals surface area (Å²) in [5.41, 5.74) is 0. The highest BCUT2D eigenvalue weighted by Gasteiger charge is 2.21. The molecule has 0 aromatic carbocycles. The molecule has 5 heteroatoms. The van der Waals surface area contributed by atoms with Crippen LogP contribution in [0.15, 0.2) is 24.3 Å². The average molecular weight is 328 g/mol. The van der Waals surface area contributed by atoms with E-state index in [0.29, 0.717) is 19.3 Å². The van der Waals surface area contributed by atoms with Gasteiger partial charge in [0.05, 0.1) is 6.10 Å². The van der Waals surface area contributed by atoms with Crippen LogP contribution in [0.1, 0.15) is 64.7 Å². The number of rotatable bonds is 14. The zero-order valence-electron chi connectivity index (χ0n) is 14.1. The van der Waals surface area contributed by atoms with Crippen molar-refractivity contribution < 1.29 is 25.2 Å². The quantitative estimate of drug-likeness (QED) is 0.290. The van der Waals surface area contributed by atoms with Crippen LogP contribution in [0, 0.1) is 0 Å². The van der Waals surface area contributed by atoms with Gasteiger partial charge in [-0.2, -0.15) is 0 Å². The second kappa shape index (κ2) is 14.4. The van der Waals surface area contributed by atoms with Gasteiger partial charge in [0.25, 0.3) is 0 Å². The lowest BCUT2D eigenvalue weighted by Crippen LogP contribution is -2.36. The summed E-state index contributed by atoms with van der Waals surface area (Å²) in [5.74, 6) is -0.768. The maximum atomic E-state index is 10.3. The van der Waals surface area contributed by atoms with Crippen molar-refractivity contribution in [2.45, 2.75) is 83.0 Å². The van der Waals surface area contributed by atoms with Crippen LogP contribution in [0.25, 0.3) is 0 Å². The monoisotopic (exact) mass is 328 g/mol. The van der Waals surface area contributed by atoms with Gasteiger partial charge in [-0.1, -0.05) is 56.9 Å². The van der Waals surface area contributed by atoms with Gasteiger partial charge in [0.15, 0.2) is 0 Å². The Labute approximate surface area is 139 Å². The number of unbranched alkanes of at least 4 members (excludes halogenated alkanes) is 4. The summed E-state index contributed by atoms with van der Waals surface area (Å²) >= 11 is 0. The summed E-state index contributed by atoms with van der Waals surface area (Å²) in [4.78, 5) is 10.3. The third-order valence-corrected chi connectivity index (χ3v) is 3.64. The van der Waals surface area contributed by atoms with Crippen LogP contribution in [0.3, 0.4) is 0 Å². The van der Waals surface area contributed by atoms with Gasteiger partial charge in [-0.25, -0.2) is 0 Å². The van der Waals surface area contributed by atoms with Gasteiger partial charge >= 0.3 is 5.97 Å². The summed E-state index contributed by atoms with van der Waals surface area (Å²) in [5, 5.41) is 38.0. The first-order valence-corrected chi connectivity index (χ1v) is 8.56. The first-order valence-electron chi connectivity index (χ1n) is 8.56. The molecular weight excluding hydrogens is 296 g/mol. The molecule has 0 saturated carbocycles. The molecule has 5 nitrogen and oxygen atoms in total. The minimum atomic E-state index is -1.17. The second-order valence-corrected chi connectivity index (χ2v) is 5.79. The minimum Gasteiger partial charge on any atom is -0.481 e. The van der Waals surface area contributed by atoms with Gasteiger partial charge in [-0.15, -0.1) is 0 Å². The highest BCUT2D eigenvalue weighted by molar-refractivity contribution is 5.66. The van der Waals surface area contributed by atoms with Crippen LogP contribution in [-0.2, 0) is 4.79 Å². The highest BCUT2D eigenvalue weighted by atomic mass is 16.4. The minimum absolute atomic E-state index is 0.202. The fraction of sp³-hybridized carbons (Fsp3) is 0.722. The molecule has 0 aliphatic rings. The van der Waals surface area contributed by atoms with Gasteiger partial charge in [-0.3, -0.25) is 4.79 Å². The van der Waals surface area contributed by atoms with E-state index in [1.165, 1.54) is 6.08 Å². The third-order valence-electron chi connectivity index (χ3n) is 3.64. The molecule has 3 atom stereocenters. The molecular formula is C18H32O5. The molecule has 4 N–H and O–H groups in total. The second-order valence-electron chi connectivity index (χ2n) is 5.79. The molecule has 0 radical (unpaired) electrons. The molecule has 0 spiro atoms. The van der Waals surface area contributed by atoms with Crippen molar-refractivity contribution in [3.8, 4) is 0 Å². The summed E-state index contributed by atoms with van der Waals surface area (Å²) in [6.45, 7) is 2.04. The Balaban J connectivity index is 3.77. The summed E-state index contributed by atoms with van der Waals surface area (Å²) in [6.07, 6.45) is 10.5. The Morgan fingerprint density at radius 1 is 0.957 bits per heavy atom. The van der Waals surface area contributed by atoms with Crippen molar-refractivity contribution in [2.75, 3.05) is 0 Å². The number of hydrogen-bond acceptors (Lipinski definition) is 4. The number of aliphatic hydroxyl groups is 3. The topological polar surface area (TPSA) is 98.0 Å². The van der Waals surface area contributed by atoms with Gasteiger partial charge in [-0.05, 0) is 25.7 Å². The number of carboxylic acid groups (broad SMARTS) is 1. The fourth-order valence-electron chi connectivity index (χ4n) is 2.23. The smallest absolute Gasteiger partial charge is 0.303 e. The predicted molar refractivity (Wildman–Crippen MR) is 91.2 cm³/mol. The molecule has 0 bridgehead atoms. The zero-order chi connectivity index (χ0) is 17.5. The van der Waals surface area contributed by atoms with E-state index in [1.54, 1.807) is 6.08 Å². The Kier molecular flexibility index (Phi) is 13.7. The van der Waals surface area contributed by atoms with E-state index < -0.39 is 24.3 Å². The number of carbonyl (C=O) groups is 1. The molecule has 0 aliphatic carbocycles. The Morgan fingerprint density at radius 2 is 1.61 bits per heavy atom. The molecule has 0 saturated heterocycles.